The summed E-state index contributed by atoms with van der Waals surface area (Å²) in [7, 11) is 0. The zero-order valence-corrected chi connectivity index (χ0v) is 17.2. The lowest BCUT2D eigenvalue weighted by atomic mass is 10.1. The molecular weight excluding hydrogens is 384 g/mol. The lowest BCUT2D eigenvalue weighted by molar-refractivity contribution is -0.140. The topological polar surface area (TPSA) is 154 Å². The second kappa shape index (κ2) is 12.7. The minimum Gasteiger partial charge on any atom is -0.480 e. The Balaban J connectivity index is 2.86. The van der Waals surface area contributed by atoms with Crippen LogP contribution in [0.4, 0.5) is 0 Å². The van der Waals surface area contributed by atoms with E-state index in [1.807, 2.05) is 13.8 Å². The van der Waals surface area contributed by atoms with Gasteiger partial charge >= 0.3 is 11.9 Å². The zero-order valence-electron chi connectivity index (χ0n) is 17.2. The molecule has 1 saturated heterocycles. The van der Waals surface area contributed by atoms with Crippen LogP contribution in [0.25, 0.3) is 0 Å². The number of amides is 1. The highest BCUT2D eigenvalue weighted by Gasteiger charge is 2.28. The van der Waals surface area contributed by atoms with Crippen LogP contribution in [0.1, 0.15) is 26.7 Å². The molecule has 1 rings (SSSR count). The Morgan fingerprint density at radius 1 is 0.862 bits per heavy atom. The maximum absolute atomic E-state index is 11.9. The number of aliphatic hydroxyl groups is 2. The molecule has 0 bridgehead atoms. The van der Waals surface area contributed by atoms with Crippen LogP contribution in [0.15, 0.2) is 0 Å². The maximum atomic E-state index is 11.9. The van der Waals surface area contributed by atoms with Gasteiger partial charge in [-0.05, 0) is 20.3 Å². The molecular formula is C18H34N4O7. The maximum Gasteiger partial charge on any atom is 0.317 e. The van der Waals surface area contributed by atoms with Gasteiger partial charge in [-0.2, -0.15) is 0 Å². The van der Waals surface area contributed by atoms with Crippen molar-refractivity contribution < 1.29 is 34.8 Å². The van der Waals surface area contributed by atoms with Gasteiger partial charge in [-0.1, -0.05) is 0 Å². The van der Waals surface area contributed by atoms with E-state index in [4.69, 9.17) is 10.2 Å². The Morgan fingerprint density at radius 2 is 1.31 bits per heavy atom. The molecule has 0 aliphatic carbocycles. The lowest BCUT2D eigenvalue weighted by Crippen LogP contribution is -2.49. The molecule has 0 aromatic carbocycles. The Hall–Kier alpha value is -1.79. The molecule has 0 spiro atoms. The Kier molecular flexibility index (Phi) is 11.1. The second-order valence-corrected chi connectivity index (χ2v) is 7.62. The normalized spacial score (nSPS) is 18.8. The third-order valence-electron chi connectivity index (χ3n) is 4.79. The third-order valence-corrected chi connectivity index (χ3v) is 4.79. The summed E-state index contributed by atoms with van der Waals surface area (Å²) in [4.78, 5) is 39.4. The van der Waals surface area contributed by atoms with E-state index in [0.29, 0.717) is 39.3 Å². The molecule has 0 saturated carbocycles. The van der Waals surface area contributed by atoms with Gasteiger partial charge in [0.15, 0.2) is 6.29 Å². The molecule has 1 unspecified atom stereocenters. The van der Waals surface area contributed by atoms with Crippen LogP contribution in [0.5, 0.6) is 0 Å². The van der Waals surface area contributed by atoms with Crippen molar-refractivity contribution in [1.29, 1.82) is 0 Å². The van der Waals surface area contributed by atoms with Crippen LogP contribution in [0.2, 0.25) is 0 Å². The number of carbonyl (C=O) groups excluding carboxylic acids is 1. The molecule has 11 heteroatoms. The number of carboxylic acid groups (broad SMARTS) is 2. The molecule has 5 N–H and O–H groups in total. The summed E-state index contributed by atoms with van der Waals surface area (Å²) in [5.41, 5.74) is 0. The van der Waals surface area contributed by atoms with Crippen molar-refractivity contribution in [3.8, 4) is 0 Å². The molecule has 1 amide bonds. The highest BCUT2D eigenvalue weighted by molar-refractivity contribution is 5.76. The fourth-order valence-corrected chi connectivity index (χ4v) is 3.38. The van der Waals surface area contributed by atoms with Gasteiger partial charge in [-0.25, -0.2) is 0 Å². The fourth-order valence-electron chi connectivity index (χ4n) is 3.38. The van der Waals surface area contributed by atoms with E-state index < -0.39 is 24.3 Å². The summed E-state index contributed by atoms with van der Waals surface area (Å²) >= 11 is 0. The summed E-state index contributed by atoms with van der Waals surface area (Å²) in [6, 6.07) is -0.733. The van der Waals surface area contributed by atoms with Crippen molar-refractivity contribution in [2.75, 3.05) is 52.4 Å². The van der Waals surface area contributed by atoms with Crippen LogP contribution in [-0.4, -0.2) is 124 Å². The average molecular weight is 418 g/mol. The third kappa shape index (κ3) is 10.5. The van der Waals surface area contributed by atoms with Crippen LogP contribution in [0.3, 0.4) is 0 Å². The van der Waals surface area contributed by atoms with Gasteiger partial charge < -0.3 is 25.7 Å². The summed E-state index contributed by atoms with van der Waals surface area (Å²) in [6.07, 6.45) is -1.34. The van der Waals surface area contributed by atoms with E-state index in [1.54, 1.807) is 14.7 Å². The highest BCUT2D eigenvalue weighted by Crippen LogP contribution is 2.13. The largest absolute Gasteiger partial charge is 0.480 e. The van der Waals surface area contributed by atoms with Gasteiger partial charge in [-0.3, -0.25) is 29.1 Å². The number of carbonyl (C=O) groups is 3. The lowest BCUT2D eigenvalue weighted by Gasteiger charge is -2.34. The van der Waals surface area contributed by atoms with Gasteiger partial charge in [-0.15, -0.1) is 0 Å². The molecule has 1 heterocycles. The van der Waals surface area contributed by atoms with Crippen molar-refractivity contribution in [1.82, 2.24) is 20.0 Å². The van der Waals surface area contributed by atoms with Crippen molar-refractivity contribution in [2.24, 2.45) is 0 Å². The number of rotatable bonds is 10. The van der Waals surface area contributed by atoms with Crippen LogP contribution in [-0.2, 0) is 14.4 Å². The molecule has 168 valence electrons. The SMILES string of the molecule is CC(C)NC(=O)CCC(C(O)O)N1CCN(CC(=O)O)CCN(CC(=O)O)CC1. The number of hydrogen-bond acceptors (Lipinski definition) is 8. The van der Waals surface area contributed by atoms with Crippen LogP contribution >= 0.6 is 0 Å². The number of hydrogen-bond donors (Lipinski definition) is 5. The number of nitrogens with zero attached hydrogens (tertiary/aromatic N) is 3. The number of carboxylic acids is 2. The molecule has 29 heavy (non-hydrogen) atoms. The Labute approximate surface area is 170 Å². The van der Waals surface area contributed by atoms with Crippen molar-refractivity contribution in [2.45, 2.75) is 45.1 Å². The van der Waals surface area contributed by atoms with Crippen molar-refractivity contribution in [3.63, 3.8) is 0 Å². The van der Waals surface area contributed by atoms with Gasteiger partial charge in [0.05, 0.1) is 19.1 Å². The monoisotopic (exact) mass is 418 g/mol. The van der Waals surface area contributed by atoms with Crippen LogP contribution in [0, 0.1) is 0 Å². The van der Waals surface area contributed by atoms with E-state index in [-0.39, 0.29) is 37.9 Å². The van der Waals surface area contributed by atoms with E-state index in [9.17, 15) is 24.6 Å². The molecule has 0 radical (unpaired) electrons. The first kappa shape index (κ1) is 25.2. The average Bonchev–Trinajstić information content (AvgIpc) is 2.66. The minimum atomic E-state index is -1.68. The fraction of sp³-hybridized carbons (Fsp3) is 0.833. The number of aliphatic hydroxyl groups excluding tert-OH is 1. The van der Waals surface area contributed by atoms with E-state index >= 15 is 0 Å². The zero-order chi connectivity index (χ0) is 22.0. The van der Waals surface area contributed by atoms with Gasteiger partial charge in [0, 0.05) is 51.7 Å². The van der Waals surface area contributed by atoms with Crippen molar-refractivity contribution >= 4 is 17.8 Å². The molecule has 1 atom stereocenters. The first-order chi connectivity index (χ1) is 13.6. The molecule has 0 aromatic rings. The first-order valence-electron chi connectivity index (χ1n) is 9.86. The summed E-state index contributed by atoms with van der Waals surface area (Å²) in [6.45, 7) is 5.63. The Morgan fingerprint density at radius 3 is 1.69 bits per heavy atom. The van der Waals surface area contributed by atoms with E-state index in [0.717, 1.165) is 0 Å². The summed E-state index contributed by atoms with van der Waals surface area (Å²) in [5, 5.41) is 40.7. The summed E-state index contributed by atoms with van der Waals surface area (Å²) in [5.74, 6) is -2.15. The Bertz CT molecular complexity index is 516. The molecule has 0 aromatic heterocycles. The van der Waals surface area contributed by atoms with Crippen molar-refractivity contribution in [3.05, 3.63) is 0 Å². The van der Waals surface area contributed by atoms with E-state index in [2.05, 4.69) is 5.32 Å². The standard InChI is InChI=1S/C18H34N4O7/c1-13(2)19-15(23)4-3-14(18(28)29)22-9-7-20(11-16(24)25)5-6-21(8-10-22)12-17(26)27/h13-14,18,28-29H,3-12H2,1-2H3,(H,19,23)(H,24,25)(H,26,27). The highest BCUT2D eigenvalue weighted by atomic mass is 16.5. The molecule has 1 aliphatic rings. The molecule has 1 aliphatic heterocycles. The van der Waals surface area contributed by atoms with Gasteiger partial charge in [0.25, 0.3) is 0 Å². The van der Waals surface area contributed by atoms with Gasteiger partial charge in [0.1, 0.15) is 0 Å². The molecule has 1 fully saturated rings. The minimum absolute atomic E-state index is 0.0145. The van der Waals surface area contributed by atoms with Crippen LogP contribution < -0.4 is 5.32 Å². The quantitative estimate of drug-likeness (QED) is 0.253. The molecule has 11 nitrogen and oxygen atoms in total. The number of nitrogens with one attached hydrogen (secondary N) is 1. The number of aliphatic carboxylic acids is 2. The second-order valence-electron chi connectivity index (χ2n) is 7.62. The van der Waals surface area contributed by atoms with Gasteiger partial charge in [0.2, 0.25) is 5.91 Å². The predicted molar refractivity (Wildman–Crippen MR) is 104 cm³/mol. The predicted octanol–water partition coefficient (Wildman–Crippen LogP) is -1.94. The first-order valence-corrected chi connectivity index (χ1v) is 9.86. The van der Waals surface area contributed by atoms with E-state index in [1.165, 1.54) is 0 Å². The summed E-state index contributed by atoms with van der Waals surface area (Å²) < 4.78 is 0. The smallest absolute Gasteiger partial charge is 0.317 e.